The smallest absolute Gasteiger partial charge is 0.0826 e. The van der Waals surface area contributed by atoms with Crippen LogP contribution in [0, 0.1) is 0 Å². The quantitative estimate of drug-likeness (QED) is 0.875. The maximum atomic E-state index is 5.81. The molecule has 1 fully saturated rings. The molecule has 1 aromatic heterocycles. The van der Waals surface area contributed by atoms with Crippen LogP contribution in [0.2, 0.25) is 0 Å². The van der Waals surface area contributed by atoms with Crippen molar-refractivity contribution in [2.75, 3.05) is 32.8 Å². The maximum Gasteiger partial charge on any atom is 0.0826 e. The standard InChI is InChI=1S/C16H23N3O/c1-2-19-8-9-20-14(12-19)11-17-10-13-4-3-5-16-15(13)6-7-18-16/h3-7,14,17-18H,2,8-12H2,1H3. The molecule has 1 saturated heterocycles. The molecule has 4 heteroatoms. The van der Waals surface area contributed by atoms with E-state index >= 15 is 0 Å². The van der Waals surface area contributed by atoms with Crippen LogP contribution >= 0.6 is 0 Å². The van der Waals surface area contributed by atoms with Crippen LogP contribution < -0.4 is 5.32 Å². The second-order valence-electron chi connectivity index (χ2n) is 5.37. The first kappa shape index (κ1) is 13.6. The summed E-state index contributed by atoms with van der Waals surface area (Å²) in [6.07, 6.45) is 2.31. The maximum absolute atomic E-state index is 5.81. The average molecular weight is 273 g/mol. The molecule has 0 saturated carbocycles. The van der Waals surface area contributed by atoms with Gasteiger partial charge in [-0.2, -0.15) is 0 Å². The summed E-state index contributed by atoms with van der Waals surface area (Å²) in [6.45, 7) is 8.09. The fourth-order valence-electron chi connectivity index (χ4n) is 2.86. The molecule has 2 heterocycles. The van der Waals surface area contributed by atoms with Gasteiger partial charge in [-0.3, -0.25) is 4.90 Å². The minimum atomic E-state index is 0.314. The fourth-order valence-corrected chi connectivity index (χ4v) is 2.86. The van der Waals surface area contributed by atoms with Gasteiger partial charge in [-0.1, -0.05) is 19.1 Å². The Labute approximate surface area is 120 Å². The first-order valence-corrected chi connectivity index (χ1v) is 7.46. The van der Waals surface area contributed by atoms with Gasteiger partial charge in [-0.15, -0.1) is 0 Å². The van der Waals surface area contributed by atoms with Crippen LogP contribution in [0.5, 0.6) is 0 Å². The zero-order chi connectivity index (χ0) is 13.8. The predicted octanol–water partition coefficient (Wildman–Crippen LogP) is 1.98. The first-order valence-electron chi connectivity index (χ1n) is 7.46. The zero-order valence-electron chi connectivity index (χ0n) is 12.1. The Morgan fingerprint density at radius 2 is 2.35 bits per heavy atom. The van der Waals surface area contributed by atoms with Crippen LogP contribution in [0.3, 0.4) is 0 Å². The van der Waals surface area contributed by atoms with E-state index in [2.05, 4.69) is 46.4 Å². The molecule has 2 N–H and O–H groups in total. The number of hydrogen-bond acceptors (Lipinski definition) is 3. The second-order valence-corrected chi connectivity index (χ2v) is 5.37. The summed E-state index contributed by atoms with van der Waals surface area (Å²) in [5, 5.41) is 4.84. The number of benzene rings is 1. The van der Waals surface area contributed by atoms with Gasteiger partial charge in [0.2, 0.25) is 0 Å². The van der Waals surface area contributed by atoms with Crippen molar-refractivity contribution in [1.29, 1.82) is 0 Å². The lowest BCUT2D eigenvalue weighted by Gasteiger charge is -2.32. The third kappa shape index (κ3) is 3.03. The molecule has 0 spiro atoms. The average Bonchev–Trinajstić information content (AvgIpc) is 2.97. The molecule has 0 aliphatic carbocycles. The van der Waals surface area contributed by atoms with Gasteiger partial charge in [0.05, 0.1) is 12.7 Å². The molecule has 1 unspecified atom stereocenters. The second kappa shape index (κ2) is 6.39. The van der Waals surface area contributed by atoms with Gasteiger partial charge in [-0.05, 0) is 24.2 Å². The number of morpholine rings is 1. The number of H-pyrrole nitrogens is 1. The highest BCUT2D eigenvalue weighted by Gasteiger charge is 2.18. The van der Waals surface area contributed by atoms with Gasteiger partial charge in [0.1, 0.15) is 0 Å². The number of likely N-dealkylation sites (N-methyl/N-ethyl adjacent to an activating group) is 1. The molecular weight excluding hydrogens is 250 g/mol. The Morgan fingerprint density at radius 1 is 1.40 bits per heavy atom. The lowest BCUT2D eigenvalue weighted by Crippen LogP contribution is -2.46. The lowest BCUT2D eigenvalue weighted by molar-refractivity contribution is -0.0253. The Kier molecular flexibility index (Phi) is 4.35. The number of nitrogens with one attached hydrogen (secondary N) is 2. The Balaban J connectivity index is 1.53. The van der Waals surface area contributed by atoms with Crippen LogP contribution in [-0.2, 0) is 11.3 Å². The normalized spacial score (nSPS) is 20.6. The monoisotopic (exact) mass is 273 g/mol. The van der Waals surface area contributed by atoms with Gasteiger partial charge in [-0.25, -0.2) is 0 Å². The molecule has 1 aliphatic rings. The number of nitrogens with zero attached hydrogens (tertiary/aromatic N) is 1. The van der Waals surface area contributed by atoms with Crippen LogP contribution in [-0.4, -0.2) is 48.8 Å². The van der Waals surface area contributed by atoms with Gasteiger partial charge >= 0.3 is 0 Å². The summed E-state index contributed by atoms with van der Waals surface area (Å²) in [4.78, 5) is 5.70. The molecule has 1 atom stereocenters. The Morgan fingerprint density at radius 3 is 3.25 bits per heavy atom. The van der Waals surface area contributed by atoms with Crippen LogP contribution in [0.25, 0.3) is 10.9 Å². The number of aromatic amines is 1. The minimum absolute atomic E-state index is 0.314. The summed E-state index contributed by atoms with van der Waals surface area (Å²) in [5.74, 6) is 0. The van der Waals surface area contributed by atoms with Crippen molar-refractivity contribution in [2.45, 2.75) is 19.6 Å². The van der Waals surface area contributed by atoms with Gasteiger partial charge in [0, 0.05) is 43.3 Å². The van der Waals surface area contributed by atoms with E-state index in [1.54, 1.807) is 0 Å². The van der Waals surface area contributed by atoms with Crippen molar-refractivity contribution in [3.63, 3.8) is 0 Å². The highest BCUT2D eigenvalue weighted by atomic mass is 16.5. The number of ether oxygens (including phenoxy) is 1. The number of hydrogen-bond donors (Lipinski definition) is 2. The molecule has 20 heavy (non-hydrogen) atoms. The molecule has 4 nitrogen and oxygen atoms in total. The first-order chi connectivity index (χ1) is 9.86. The molecule has 0 amide bonds. The summed E-state index contributed by atoms with van der Waals surface area (Å²) >= 11 is 0. The van der Waals surface area contributed by atoms with Gasteiger partial charge < -0.3 is 15.0 Å². The third-order valence-corrected chi connectivity index (χ3v) is 4.04. The number of fused-ring (bicyclic) bond motifs is 1. The van der Waals surface area contributed by atoms with Crippen molar-refractivity contribution < 1.29 is 4.74 Å². The van der Waals surface area contributed by atoms with Crippen molar-refractivity contribution in [1.82, 2.24) is 15.2 Å². The summed E-state index contributed by atoms with van der Waals surface area (Å²) < 4.78 is 5.81. The van der Waals surface area contributed by atoms with E-state index in [9.17, 15) is 0 Å². The lowest BCUT2D eigenvalue weighted by atomic mass is 10.1. The van der Waals surface area contributed by atoms with Crippen molar-refractivity contribution in [3.8, 4) is 0 Å². The largest absolute Gasteiger partial charge is 0.374 e. The third-order valence-electron chi connectivity index (χ3n) is 4.04. The van der Waals surface area contributed by atoms with E-state index in [1.807, 2.05) is 6.20 Å². The molecule has 108 valence electrons. The van der Waals surface area contributed by atoms with Gasteiger partial charge in [0.25, 0.3) is 0 Å². The molecular formula is C16H23N3O. The molecule has 0 bridgehead atoms. The SMILES string of the molecule is CCN1CCOC(CNCc2cccc3[nH]ccc23)C1. The van der Waals surface area contributed by atoms with Gasteiger partial charge in [0.15, 0.2) is 0 Å². The van der Waals surface area contributed by atoms with Crippen molar-refractivity contribution >= 4 is 10.9 Å². The van der Waals surface area contributed by atoms with E-state index in [-0.39, 0.29) is 0 Å². The number of rotatable bonds is 5. The van der Waals surface area contributed by atoms with E-state index in [1.165, 1.54) is 16.5 Å². The molecule has 3 rings (SSSR count). The van der Waals surface area contributed by atoms with Crippen molar-refractivity contribution in [3.05, 3.63) is 36.0 Å². The summed E-state index contributed by atoms with van der Waals surface area (Å²) in [5.41, 5.74) is 2.54. The van der Waals surface area contributed by atoms with E-state index < -0.39 is 0 Å². The van der Waals surface area contributed by atoms with Crippen LogP contribution in [0.15, 0.2) is 30.5 Å². The summed E-state index contributed by atoms with van der Waals surface area (Å²) in [7, 11) is 0. The zero-order valence-corrected chi connectivity index (χ0v) is 12.1. The van der Waals surface area contributed by atoms with E-state index in [0.717, 1.165) is 39.3 Å². The van der Waals surface area contributed by atoms with Crippen LogP contribution in [0.4, 0.5) is 0 Å². The van der Waals surface area contributed by atoms with E-state index in [0.29, 0.717) is 6.10 Å². The minimum Gasteiger partial charge on any atom is -0.374 e. The molecule has 0 radical (unpaired) electrons. The Hall–Kier alpha value is -1.36. The molecule has 1 aliphatic heterocycles. The number of aromatic nitrogens is 1. The summed E-state index contributed by atoms with van der Waals surface area (Å²) in [6, 6.07) is 8.54. The van der Waals surface area contributed by atoms with Crippen molar-refractivity contribution in [2.24, 2.45) is 0 Å². The highest BCUT2D eigenvalue weighted by Crippen LogP contribution is 2.17. The predicted molar refractivity (Wildman–Crippen MR) is 81.9 cm³/mol. The molecule has 2 aromatic rings. The van der Waals surface area contributed by atoms with Crippen LogP contribution in [0.1, 0.15) is 12.5 Å². The topological polar surface area (TPSA) is 40.3 Å². The van der Waals surface area contributed by atoms with E-state index in [4.69, 9.17) is 4.74 Å². The fraction of sp³-hybridized carbons (Fsp3) is 0.500. The molecule has 1 aromatic carbocycles. The Bertz CT molecular complexity index is 551. The highest BCUT2D eigenvalue weighted by molar-refractivity contribution is 5.82.